The summed E-state index contributed by atoms with van der Waals surface area (Å²) in [4.78, 5) is 17.6. The average Bonchev–Trinajstić information content (AvgIpc) is 2.96. The predicted octanol–water partition coefficient (Wildman–Crippen LogP) is 1.25. The highest BCUT2D eigenvalue weighted by molar-refractivity contribution is 5.91. The Kier molecular flexibility index (Phi) is 4.70. The molecule has 1 amide bonds. The molecule has 2 aromatic heterocycles. The van der Waals surface area contributed by atoms with Crippen LogP contribution in [-0.4, -0.2) is 45.7 Å². The van der Waals surface area contributed by atoms with Crippen molar-refractivity contribution in [3.8, 4) is 5.69 Å². The molecule has 0 saturated heterocycles. The van der Waals surface area contributed by atoms with Gasteiger partial charge in [-0.1, -0.05) is 6.92 Å². The van der Waals surface area contributed by atoms with Gasteiger partial charge in [-0.3, -0.25) is 9.78 Å². The molecule has 0 aliphatic carbocycles. The van der Waals surface area contributed by atoms with E-state index in [-0.39, 0.29) is 11.9 Å². The normalized spacial score (nSPS) is 12.2. The molecule has 1 atom stereocenters. The third-order valence-corrected chi connectivity index (χ3v) is 3.28. The molecule has 0 radical (unpaired) electrons. The minimum atomic E-state index is -0.120. The van der Waals surface area contributed by atoms with Crippen molar-refractivity contribution in [2.45, 2.75) is 25.8 Å². The van der Waals surface area contributed by atoms with Crippen molar-refractivity contribution in [2.24, 2.45) is 5.73 Å². The lowest BCUT2D eigenvalue weighted by Crippen LogP contribution is -2.22. The summed E-state index contributed by atoms with van der Waals surface area (Å²) in [7, 11) is 3.41. The van der Waals surface area contributed by atoms with Crippen LogP contribution in [0.2, 0.25) is 0 Å². The van der Waals surface area contributed by atoms with Gasteiger partial charge >= 0.3 is 0 Å². The van der Waals surface area contributed by atoms with Crippen molar-refractivity contribution in [2.75, 3.05) is 14.1 Å². The lowest BCUT2D eigenvalue weighted by molar-refractivity contribution is 0.0821. The molecule has 0 spiro atoms. The van der Waals surface area contributed by atoms with Crippen LogP contribution in [0.15, 0.2) is 30.7 Å². The Balaban J connectivity index is 2.22. The summed E-state index contributed by atoms with van der Waals surface area (Å²) in [5, 5.41) is 4.30. The fraction of sp³-hybridized carbons (Fsp3) is 0.400. The van der Waals surface area contributed by atoms with Gasteiger partial charge in [0.25, 0.3) is 5.91 Å². The van der Waals surface area contributed by atoms with Gasteiger partial charge in [0, 0.05) is 32.5 Å². The Morgan fingerprint density at radius 3 is 2.86 bits per heavy atom. The SMILES string of the molecule is CCC(N)Cc1cncc(-n2ccc(C(=O)N(C)C)n2)c1. The Bertz CT molecular complexity index is 620. The van der Waals surface area contributed by atoms with Gasteiger partial charge in [-0.25, -0.2) is 4.68 Å². The largest absolute Gasteiger partial charge is 0.343 e. The van der Waals surface area contributed by atoms with Crippen LogP contribution in [0.3, 0.4) is 0 Å². The van der Waals surface area contributed by atoms with Gasteiger partial charge in [-0.05, 0) is 30.5 Å². The van der Waals surface area contributed by atoms with Crippen molar-refractivity contribution in [3.63, 3.8) is 0 Å². The Morgan fingerprint density at radius 1 is 1.43 bits per heavy atom. The van der Waals surface area contributed by atoms with Crippen LogP contribution in [0, 0.1) is 0 Å². The molecule has 21 heavy (non-hydrogen) atoms. The maximum atomic E-state index is 11.9. The number of pyridine rings is 1. The summed E-state index contributed by atoms with van der Waals surface area (Å²) >= 11 is 0. The highest BCUT2D eigenvalue weighted by Gasteiger charge is 2.12. The highest BCUT2D eigenvalue weighted by Crippen LogP contribution is 2.11. The van der Waals surface area contributed by atoms with E-state index in [1.165, 1.54) is 4.90 Å². The van der Waals surface area contributed by atoms with Crippen LogP contribution in [-0.2, 0) is 6.42 Å². The number of nitrogens with zero attached hydrogens (tertiary/aromatic N) is 4. The van der Waals surface area contributed by atoms with Gasteiger partial charge in [0.15, 0.2) is 5.69 Å². The minimum Gasteiger partial charge on any atom is -0.343 e. The van der Waals surface area contributed by atoms with Crippen LogP contribution in [0.5, 0.6) is 0 Å². The summed E-state index contributed by atoms with van der Waals surface area (Å²) in [5.41, 5.74) is 8.28. The Hall–Kier alpha value is -2.21. The maximum absolute atomic E-state index is 11.9. The van der Waals surface area contributed by atoms with Crippen LogP contribution in [0.1, 0.15) is 29.4 Å². The molecule has 6 heteroatoms. The first-order valence-corrected chi connectivity index (χ1v) is 6.98. The standard InChI is InChI=1S/C15H21N5O/c1-4-12(16)7-11-8-13(10-17-9-11)20-6-5-14(18-20)15(21)19(2)3/h5-6,8-10,12H,4,7,16H2,1-3H3. The fourth-order valence-corrected chi connectivity index (χ4v) is 1.97. The summed E-state index contributed by atoms with van der Waals surface area (Å²) in [6.45, 7) is 2.06. The second kappa shape index (κ2) is 6.49. The monoisotopic (exact) mass is 287 g/mol. The van der Waals surface area contributed by atoms with Crippen molar-refractivity contribution in [1.29, 1.82) is 0 Å². The topological polar surface area (TPSA) is 77.0 Å². The smallest absolute Gasteiger partial charge is 0.273 e. The summed E-state index contributed by atoms with van der Waals surface area (Å²) < 4.78 is 1.66. The molecule has 0 bridgehead atoms. The van der Waals surface area contributed by atoms with Crippen LogP contribution >= 0.6 is 0 Å². The molecule has 0 saturated carbocycles. The van der Waals surface area contributed by atoms with E-state index in [1.807, 2.05) is 12.3 Å². The molecule has 112 valence electrons. The number of carbonyl (C=O) groups excluding carboxylic acids is 1. The van der Waals surface area contributed by atoms with E-state index in [4.69, 9.17) is 5.73 Å². The van der Waals surface area contributed by atoms with E-state index >= 15 is 0 Å². The second-order valence-corrected chi connectivity index (χ2v) is 5.27. The van der Waals surface area contributed by atoms with Crippen LogP contribution < -0.4 is 5.73 Å². The zero-order valence-electron chi connectivity index (χ0n) is 12.7. The molecular formula is C15H21N5O. The van der Waals surface area contributed by atoms with E-state index in [2.05, 4.69) is 17.0 Å². The van der Waals surface area contributed by atoms with Crippen molar-refractivity contribution < 1.29 is 4.79 Å². The van der Waals surface area contributed by atoms with Crippen LogP contribution in [0.4, 0.5) is 0 Å². The molecule has 2 rings (SSSR count). The number of aromatic nitrogens is 3. The first-order valence-electron chi connectivity index (χ1n) is 6.98. The number of hydrogen-bond donors (Lipinski definition) is 1. The van der Waals surface area contributed by atoms with Gasteiger partial charge in [0.05, 0.1) is 11.9 Å². The van der Waals surface area contributed by atoms with Crippen molar-refractivity contribution in [3.05, 3.63) is 42.0 Å². The molecule has 0 aliphatic heterocycles. The molecular weight excluding hydrogens is 266 g/mol. The molecule has 0 aromatic carbocycles. The number of hydrogen-bond acceptors (Lipinski definition) is 4. The number of amides is 1. The fourth-order valence-electron chi connectivity index (χ4n) is 1.97. The Labute approximate surface area is 124 Å². The lowest BCUT2D eigenvalue weighted by atomic mass is 10.1. The minimum absolute atomic E-state index is 0.120. The maximum Gasteiger partial charge on any atom is 0.273 e. The molecule has 2 heterocycles. The van der Waals surface area contributed by atoms with Gasteiger partial charge in [-0.2, -0.15) is 5.10 Å². The van der Waals surface area contributed by atoms with Gasteiger partial charge in [-0.15, -0.1) is 0 Å². The molecule has 0 aliphatic rings. The van der Waals surface area contributed by atoms with Gasteiger partial charge in [0.1, 0.15) is 0 Å². The van der Waals surface area contributed by atoms with E-state index in [9.17, 15) is 4.79 Å². The average molecular weight is 287 g/mol. The first kappa shape index (κ1) is 15.2. The highest BCUT2D eigenvalue weighted by atomic mass is 16.2. The number of carbonyl (C=O) groups is 1. The number of nitrogens with two attached hydrogens (primary N) is 1. The van der Waals surface area contributed by atoms with E-state index in [1.54, 1.807) is 37.2 Å². The zero-order valence-corrected chi connectivity index (χ0v) is 12.7. The summed E-state index contributed by atoms with van der Waals surface area (Å²) in [6, 6.07) is 3.83. The third-order valence-electron chi connectivity index (χ3n) is 3.28. The lowest BCUT2D eigenvalue weighted by Gasteiger charge is -2.10. The van der Waals surface area contributed by atoms with E-state index in [0.29, 0.717) is 5.69 Å². The Morgan fingerprint density at radius 2 is 2.19 bits per heavy atom. The van der Waals surface area contributed by atoms with Gasteiger partial charge < -0.3 is 10.6 Å². The third kappa shape index (κ3) is 3.66. The molecule has 1 unspecified atom stereocenters. The summed E-state index contributed by atoms with van der Waals surface area (Å²) in [6.07, 6.45) is 7.00. The quantitative estimate of drug-likeness (QED) is 0.898. The second-order valence-electron chi connectivity index (χ2n) is 5.27. The van der Waals surface area contributed by atoms with Crippen molar-refractivity contribution in [1.82, 2.24) is 19.7 Å². The molecule has 2 N–H and O–H groups in total. The molecule has 2 aromatic rings. The number of rotatable bonds is 5. The first-order chi connectivity index (χ1) is 10.0. The summed E-state index contributed by atoms with van der Waals surface area (Å²) in [5.74, 6) is -0.120. The van der Waals surface area contributed by atoms with Crippen molar-refractivity contribution >= 4 is 5.91 Å². The molecule has 6 nitrogen and oxygen atoms in total. The van der Waals surface area contributed by atoms with Gasteiger partial charge in [0.2, 0.25) is 0 Å². The van der Waals surface area contributed by atoms with E-state index < -0.39 is 0 Å². The van der Waals surface area contributed by atoms with E-state index in [0.717, 1.165) is 24.1 Å². The molecule has 0 fully saturated rings. The predicted molar refractivity (Wildman–Crippen MR) is 81.3 cm³/mol. The van der Waals surface area contributed by atoms with Crippen LogP contribution in [0.25, 0.3) is 5.69 Å². The zero-order chi connectivity index (χ0) is 15.4.